The SMILES string of the molecule is CCCOc1nc(NC)nc(Oc2ccc(F)c(Cl)c2)n1. The van der Waals surface area contributed by atoms with Crippen LogP contribution in [0.4, 0.5) is 10.3 Å². The minimum absolute atomic E-state index is 0.0307. The molecule has 1 heterocycles. The van der Waals surface area contributed by atoms with E-state index in [0.717, 1.165) is 6.42 Å². The molecular formula is C13H14ClFN4O2. The average Bonchev–Trinajstić information content (AvgIpc) is 2.48. The molecule has 1 N–H and O–H groups in total. The summed E-state index contributed by atoms with van der Waals surface area (Å²) in [5.41, 5.74) is 0. The van der Waals surface area contributed by atoms with Crippen LogP contribution in [0, 0.1) is 5.82 Å². The van der Waals surface area contributed by atoms with Crippen LogP contribution in [-0.4, -0.2) is 28.6 Å². The molecule has 0 spiro atoms. The first-order valence-electron chi connectivity index (χ1n) is 6.32. The normalized spacial score (nSPS) is 10.3. The van der Waals surface area contributed by atoms with Gasteiger partial charge in [-0.15, -0.1) is 4.98 Å². The minimum atomic E-state index is -0.525. The highest BCUT2D eigenvalue weighted by Gasteiger charge is 2.10. The van der Waals surface area contributed by atoms with E-state index in [2.05, 4.69) is 20.3 Å². The number of aromatic nitrogens is 3. The Hall–Kier alpha value is -2.15. The van der Waals surface area contributed by atoms with Crippen LogP contribution in [0.3, 0.4) is 0 Å². The van der Waals surface area contributed by atoms with E-state index >= 15 is 0 Å². The maximum atomic E-state index is 13.1. The third-order valence-corrected chi connectivity index (χ3v) is 2.64. The van der Waals surface area contributed by atoms with Gasteiger partial charge in [0.25, 0.3) is 0 Å². The van der Waals surface area contributed by atoms with Crippen LogP contribution in [0.15, 0.2) is 18.2 Å². The van der Waals surface area contributed by atoms with Gasteiger partial charge in [-0.1, -0.05) is 18.5 Å². The van der Waals surface area contributed by atoms with Gasteiger partial charge >= 0.3 is 12.0 Å². The number of rotatable bonds is 6. The molecule has 0 amide bonds. The van der Waals surface area contributed by atoms with Crippen molar-refractivity contribution < 1.29 is 13.9 Å². The molecule has 0 saturated heterocycles. The molecule has 8 heteroatoms. The average molecular weight is 313 g/mol. The predicted octanol–water partition coefficient (Wildman–Crippen LogP) is 3.29. The van der Waals surface area contributed by atoms with Gasteiger partial charge in [-0.2, -0.15) is 9.97 Å². The Labute approximate surface area is 126 Å². The van der Waals surface area contributed by atoms with Gasteiger partial charge in [-0.3, -0.25) is 0 Å². The van der Waals surface area contributed by atoms with E-state index in [1.165, 1.54) is 18.2 Å². The van der Waals surface area contributed by atoms with Gasteiger partial charge in [0, 0.05) is 13.1 Å². The molecule has 0 aliphatic heterocycles. The Morgan fingerprint density at radius 1 is 1.24 bits per heavy atom. The van der Waals surface area contributed by atoms with Crippen molar-refractivity contribution in [3.05, 3.63) is 29.0 Å². The molecule has 0 aliphatic rings. The topological polar surface area (TPSA) is 69.2 Å². The number of hydrogen-bond acceptors (Lipinski definition) is 6. The van der Waals surface area contributed by atoms with Crippen LogP contribution in [0.2, 0.25) is 5.02 Å². The first kappa shape index (κ1) is 15.2. The van der Waals surface area contributed by atoms with Crippen molar-refractivity contribution in [2.75, 3.05) is 19.0 Å². The predicted molar refractivity (Wildman–Crippen MR) is 76.6 cm³/mol. The van der Waals surface area contributed by atoms with Gasteiger partial charge in [-0.25, -0.2) is 4.39 Å². The molecule has 0 bridgehead atoms. The van der Waals surface area contributed by atoms with Crippen LogP contribution >= 0.6 is 11.6 Å². The molecule has 0 unspecified atom stereocenters. The zero-order valence-electron chi connectivity index (χ0n) is 11.6. The summed E-state index contributed by atoms with van der Waals surface area (Å²) in [5, 5.41) is 2.74. The van der Waals surface area contributed by atoms with E-state index in [1.54, 1.807) is 7.05 Å². The summed E-state index contributed by atoms with van der Waals surface area (Å²) in [7, 11) is 1.66. The van der Waals surface area contributed by atoms with Gasteiger partial charge in [0.05, 0.1) is 11.6 Å². The molecular weight excluding hydrogens is 299 g/mol. The maximum absolute atomic E-state index is 13.1. The molecule has 2 aromatic rings. The van der Waals surface area contributed by atoms with Gasteiger partial charge < -0.3 is 14.8 Å². The molecule has 1 aromatic carbocycles. The van der Waals surface area contributed by atoms with Crippen LogP contribution in [-0.2, 0) is 0 Å². The Morgan fingerprint density at radius 2 is 2.00 bits per heavy atom. The summed E-state index contributed by atoms with van der Waals surface area (Å²) in [6.45, 7) is 2.45. The van der Waals surface area contributed by atoms with Crippen LogP contribution < -0.4 is 14.8 Å². The lowest BCUT2D eigenvalue weighted by atomic mass is 10.3. The summed E-state index contributed by atoms with van der Waals surface area (Å²) >= 11 is 5.69. The first-order valence-corrected chi connectivity index (χ1v) is 6.69. The minimum Gasteiger partial charge on any atom is -0.463 e. The Balaban J connectivity index is 2.23. The van der Waals surface area contributed by atoms with E-state index in [4.69, 9.17) is 21.1 Å². The molecule has 0 fully saturated rings. The third-order valence-electron chi connectivity index (χ3n) is 2.35. The van der Waals surface area contributed by atoms with Gasteiger partial charge in [0.15, 0.2) is 0 Å². The van der Waals surface area contributed by atoms with Crippen molar-refractivity contribution in [3.8, 4) is 17.8 Å². The highest BCUT2D eigenvalue weighted by atomic mass is 35.5. The second-order valence-corrected chi connectivity index (χ2v) is 4.41. The maximum Gasteiger partial charge on any atom is 0.330 e. The summed E-state index contributed by atoms with van der Waals surface area (Å²) < 4.78 is 23.9. The summed E-state index contributed by atoms with van der Waals surface area (Å²) in [5.74, 6) is 0.0953. The Bertz CT molecular complexity index is 627. The summed E-state index contributed by atoms with van der Waals surface area (Å²) in [6.07, 6.45) is 0.824. The molecule has 0 radical (unpaired) electrons. The monoisotopic (exact) mass is 312 g/mol. The number of nitrogens with one attached hydrogen (secondary N) is 1. The molecule has 0 aliphatic carbocycles. The second kappa shape index (κ2) is 7.03. The van der Waals surface area contributed by atoms with Crippen molar-refractivity contribution in [1.82, 2.24) is 15.0 Å². The van der Waals surface area contributed by atoms with Gasteiger partial charge in [-0.05, 0) is 18.6 Å². The highest BCUT2D eigenvalue weighted by Crippen LogP contribution is 2.25. The van der Waals surface area contributed by atoms with Crippen LogP contribution in [0.25, 0.3) is 0 Å². The van der Waals surface area contributed by atoms with Gasteiger partial charge in [0.2, 0.25) is 5.95 Å². The number of anilines is 1. The van der Waals surface area contributed by atoms with Crippen molar-refractivity contribution in [2.24, 2.45) is 0 Å². The molecule has 112 valence electrons. The van der Waals surface area contributed by atoms with E-state index in [9.17, 15) is 4.39 Å². The second-order valence-electron chi connectivity index (χ2n) is 4.00. The number of hydrogen-bond donors (Lipinski definition) is 1. The Kier molecular flexibility index (Phi) is 5.10. The van der Waals surface area contributed by atoms with Crippen molar-refractivity contribution in [2.45, 2.75) is 13.3 Å². The summed E-state index contributed by atoms with van der Waals surface area (Å²) in [6, 6.07) is 4.15. The first-order chi connectivity index (χ1) is 10.1. The highest BCUT2D eigenvalue weighted by molar-refractivity contribution is 6.30. The zero-order valence-corrected chi connectivity index (χ0v) is 12.3. The zero-order chi connectivity index (χ0) is 15.2. The van der Waals surface area contributed by atoms with E-state index in [-0.39, 0.29) is 17.0 Å². The van der Waals surface area contributed by atoms with Gasteiger partial charge in [0.1, 0.15) is 11.6 Å². The molecule has 2 rings (SSSR count). The number of nitrogens with zero attached hydrogens (tertiary/aromatic N) is 3. The number of benzene rings is 1. The molecule has 0 atom stereocenters. The summed E-state index contributed by atoms with van der Waals surface area (Å²) in [4.78, 5) is 12.1. The fourth-order valence-corrected chi connectivity index (χ4v) is 1.57. The van der Waals surface area contributed by atoms with Crippen LogP contribution in [0.1, 0.15) is 13.3 Å². The lowest BCUT2D eigenvalue weighted by Crippen LogP contribution is -2.06. The Morgan fingerprint density at radius 3 is 2.67 bits per heavy atom. The van der Waals surface area contributed by atoms with E-state index in [0.29, 0.717) is 18.3 Å². The molecule has 21 heavy (non-hydrogen) atoms. The quantitative estimate of drug-likeness (QED) is 0.882. The third kappa shape index (κ3) is 4.16. The molecule has 6 nitrogen and oxygen atoms in total. The number of halogens is 2. The van der Waals surface area contributed by atoms with Crippen molar-refractivity contribution in [3.63, 3.8) is 0 Å². The van der Waals surface area contributed by atoms with Crippen molar-refractivity contribution >= 4 is 17.5 Å². The standard InChI is InChI=1S/C13H14ClFN4O2/c1-3-6-20-12-17-11(16-2)18-13(19-12)21-8-4-5-10(15)9(14)7-8/h4-5,7H,3,6H2,1-2H3,(H,16,17,18,19). The fourth-order valence-electron chi connectivity index (χ4n) is 1.40. The molecule has 0 saturated carbocycles. The lowest BCUT2D eigenvalue weighted by Gasteiger charge is -2.08. The smallest absolute Gasteiger partial charge is 0.330 e. The van der Waals surface area contributed by atoms with E-state index in [1.807, 2.05) is 6.92 Å². The van der Waals surface area contributed by atoms with Crippen molar-refractivity contribution in [1.29, 1.82) is 0 Å². The van der Waals surface area contributed by atoms with Crippen LogP contribution in [0.5, 0.6) is 17.8 Å². The largest absolute Gasteiger partial charge is 0.463 e. The van der Waals surface area contributed by atoms with E-state index < -0.39 is 5.82 Å². The number of ether oxygens (including phenoxy) is 2. The molecule has 1 aromatic heterocycles. The lowest BCUT2D eigenvalue weighted by molar-refractivity contribution is 0.285. The fraction of sp³-hybridized carbons (Fsp3) is 0.308.